The number of ether oxygens (including phenoxy) is 1. The molecule has 1 amide bonds. The third-order valence-corrected chi connectivity index (χ3v) is 2.76. The molecule has 0 radical (unpaired) electrons. The van der Waals surface area contributed by atoms with Crippen LogP contribution in [0.3, 0.4) is 0 Å². The fraction of sp³-hybridized carbons (Fsp3) is 0.889. The zero-order valence-electron chi connectivity index (χ0n) is 8.20. The van der Waals surface area contributed by atoms with Crippen LogP contribution in [0.4, 0.5) is 0 Å². The summed E-state index contributed by atoms with van der Waals surface area (Å²) in [4.78, 5) is 13.5. The molecule has 2 heterocycles. The molecule has 0 spiro atoms. The van der Waals surface area contributed by atoms with E-state index in [0.29, 0.717) is 12.6 Å². The summed E-state index contributed by atoms with van der Waals surface area (Å²) in [6.45, 7) is 3.92. The molecule has 2 aliphatic heterocycles. The van der Waals surface area contributed by atoms with Crippen LogP contribution in [0.15, 0.2) is 0 Å². The molecular formula is C9H17ClN2O2. The number of hydrogen-bond donors (Lipinski definition) is 1. The molecule has 0 saturated carbocycles. The smallest absolute Gasteiger partial charge is 0.236 e. The van der Waals surface area contributed by atoms with Crippen LogP contribution in [0.1, 0.15) is 12.8 Å². The molecule has 5 heteroatoms. The topological polar surface area (TPSA) is 41.6 Å². The number of halogens is 1. The van der Waals surface area contributed by atoms with Gasteiger partial charge in [0.15, 0.2) is 0 Å². The predicted molar refractivity (Wildman–Crippen MR) is 55.7 cm³/mol. The van der Waals surface area contributed by atoms with Crippen LogP contribution < -0.4 is 5.32 Å². The second kappa shape index (κ2) is 5.53. The molecule has 0 bridgehead atoms. The van der Waals surface area contributed by atoms with Crippen molar-refractivity contribution >= 4 is 18.3 Å². The molecule has 2 rings (SSSR count). The lowest BCUT2D eigenvalue weighted by Gasteiger charge is -2.36. The standard InChI is InChI=1S/C9H16N2O2.ClH/c12-9-7-10-3-4-11(9)8-1-5-13-6-2-8;/h8,10H,1-7H2;1H. The van der Waals surface area contributed by atoms with Gasteiger partial charge in [0.2, 0.25) is 5.91 Å². The number of amides is 1. The minimum atomic E-state index is 0. The van der Waals surface area contributed by atoms with Gasteiger partial charge in [0.05, 0.1) is 6.54 Å². The van der Waals surface area contributed by atoms with E-state index in [4.69, 9.17) is 4.74 Å². The van der Waals surface area contributed by atoms with Crippen LogP contribution in [0, 0.1) is 0 Å². The van der Waals surface area contributed by atoms with Gasteiger partial charge in [-0.3, -0.25) is 4.79 Å². The summed E-state index contributed by atoms with van der Waals surface area (Å²) < 4.78 is 5.27. The summed E-state index contributed by atoms with van der Waals surface area (Å²) in [7, 11) is 0. The Morgan fingerprint density at radius 2 is 2.07 bits per heavy atom. The van der Waals surface area contributed by atoms with Gasteiger partial charge in [0.1, 0.15) is 0 Å². The Balaban J connectivity index is 0.000000980. The lowest BCUT2D eigenvalue weighted by atomic mass is 10.1. The van der Waals surface area contributed by atoms with Crippen molar-refractivity contribution in [2.75, 3.05) is 32.8 Å². The minimum Gasteiger partial charge on any atom is -0.381 e. The highest BCUT2D eigenvalue weighted by Gasteiger charge is 2.26. The molecule has 2 saturated heterocycles. The van der Waals surface area contributed by atoms with E-state index in [1.807, 2.05) is 4.90 Å². The average Bonchev–Trinajstić information content (AvgIpc) is 2.20. The van der Waals surface area contributed by atoms with Gasteiger partial charge in [-0.2, -0.15) is 0 Å². The summed E-state index contributed by atoms with van der Waals surface area (Å²) >= 11 is 0. The molecule has 2 fully saturated rings. The Labute approximate surface area is 90.4 Å². The number of nitrogens with zero attached hydrogens (tertiary/aromatic N) is 1. The van der Waals surface area contributed by atoms with Gasteiger partial charge in [-0.15, -0.1) is 12.4 Å². The first-order valence-electron chi connectivity index (χ1n) is 4.96. The molecule has 0 unspecified atom stereocenters. The van der Waals surface area contributed by atoms with Crippen molar-refractivity contribution in [2.45, 2.75) is 18.9 Å². The van der Waals surface area contributed by atoms with Gasteiger partial charge in [0.25, 0.3) is 0 Å². The molecule has 2 aliphatic rings. The molecule has 14 heavy (non-hydrogen) atoms. The second-order valence-electron chi connectivity index (χ2n) is 3.61. The Hall–Kier alpha value is -0.320. The summed E-state index contributed by atoms with van der Waals surface area (Å²) in [6, 6.07) is 0.434. The maximum absolute atomic E-state index is 11.5. The quantitative estimate of drug-likeness (QED) is 0.678. The van der Waals surface area contributed by atoms with E-state index in [0.717, 1.165) is 39.1 Å². The van der Waals surface area contributed by atoms with Gasteiger partial charge in [0, 0.05) is 32.3 Å². The largest absolute Gasteiger partial charge is 0.381 e. The molecule has 0 aromatic heterocycles. The highest BCUT2D eigenvalue weighted by atomic mass is 35.5. The molecule has 4 nitrogen and oxygen atoms in total. The first kappa shape index (κ1) is 11.8. The van der Waals surface area contributed by atoms with Crippen molar-refractivity contribution < 1.29 is 9.53 Å². The van der Waals surface area contributed by atoms with Crippen LogP contribution >= 0.6 is 12.4 Å². The van der Waals surface area contributed by atoms with Crippen LogP contribution in [0.2, 0.25) is 0 Å². The van der Waals surface area contributed by atoms with Crippen molar-refractivity contribution in [1.29, 1.82) is 0 Å². The van der Waals surface area contributed by atoms with E-state index in [-0.39, 0.29) is 18.3 Å². The third-order valence-electron chi connectivity index (χ3n) is 2.76. The van der Waals surface area contributed by atoms with Crippen LogP contribution in [-0.4, -0.2) is 49.7 Å². The SMILES string of the molecule is Cl.O=C1CNCCN1C1CCOCC1. The third kappa shape index (κ3) is 2.59. The summed E-state index contributed by atoms with van der Waals surface area (Å²) in [5.41, 5.74) is 0. The van der Waals surface area contributed by atoms with E-state index in [2.05, 4.69) is 5.32 Å². The Bertz CT molecular complexity index is 195. The molecule has 0 aromatic carbocycles. The lowest BCUT2D eigenvalue weighted by Crippen LogP contribution is -2.53. The van der Waals surface area contributed by atoms with E-state index < -0.39 is 0 Å². The normalized spacial score (nSPS) is 24.6. The highest BCUT2D eigenvalue weighted by molar-refractivity contribution is 5.85. The van der Waals surface area contributed by atoms with E-state index in [1.54, 1.807) is 0 Å². The first-order valence-corrected chi connectivity index (χ1v) is 4.96. The zero-order chi connectivity index (χ0) is 9.10. The number of carbonyl (C=O) groups excluding carboxylic acids is 1. The van der Waals surface area contributed by atoms with Gasteiger partial charge in [-0.25, -0.2) is 0 Å². The van der Waals surface area contributed by atoms with Crippen molar-refractivity contribution in [3.63, 3.8) is 0 Å². The first-order chi connectivity index (χ1) is 6.38. The van der Waals surface area contributed by atoms with Gasteiger partial charge in [-0.1, -0.05) is 0 Å². The maximum Gasteiger partial charge on any atom is 0.236 e. The number of hydrogen-bond acceptors (Lipinski definition) is 3. The van der Waals surface area contributed by atoms with E-state index >= 15 is 0 Å². The second-order valence-corrected chi connectivity index (χ2v) is 3.61. The van der Waals surface area contributed by atoms with Crippen molar-refractivity contribution in [3.8, 4) is 0 Å². The molecule has 0 aliphatic carbocycles. The van der Waals surface area contributed by atoms with Gasteiger partial charge < -0.3 is 15.0 Å². The van der Waals surface area contributed by atoms with Crippen molar-refractivity contribution in [3.05, 3.63) is 0 Å². The van der Waals surface area contributed by atoms with Crippen LogP contribution in [-0.2, 0) is 9.53 Å². The van der Waals surface area contributed by atoms with Gasteiger partial charge in [-0.05, 0) is 12.8 Å². The molecule has 0 atom stereocenters. The number of rotatable bonds is 1. The maximum atomic E-state index is 11.5. The summed E-state index contributed by atoms with van der Waals surface area (Å²) in [6.07, 6.45) is 2.01. The highest BCUT2D eigenvalue weighted by Crippen LogP contribution is 2.15. The molecule has 0 aromatic rings. The van der Waals surface area contributed by atoms with E-state index in [1.165, 1.54) is 0 Å². The zero-order valence-corrected chi connectivity index (χ0v) is 9.02. The van der Waals surface area contributed by atoms with Gasteiger partial charge >= 0.3 is 0 Å². The lowest BCUT2D eigenvalue weighted by molar-refractivity contribution is -0.136. The Morgan fingerprint density at radius 3 is 2.71 bits per heavy atom. The minimum absolute atomic E-state index is 0. The van der Waals surface area contributed by atoms with Crippen LogP contribution in [0.25, 0.3) is 0 Å². The molecule has 1 N–H and O–H groups in total. The fourth-order valence-electron chi connectivity index (χ4n) is 2.00. The summed E-state index contributed by atoms with van der Waals surface area (Å²) in [5, 5.41) is 3.08. The monoisotopic (exact) mass is 220 g/mol. The number of carbonyl (C=O) groups is 1. The Kier molecular flexibility index (Phi) is 4.65. The van der Waals surface area contributed by atoms with Crippen molar-refractivity contribution in [2.24, 2.45) is 0 Å². The summed E-state index contributed by atoms with van der Waals surface area (Å²) in [5.74, 6) is 0.248. The van der Waals surface area contributed by atoms with E-state index in [9.17, 15) is 4.79 Å². The number of piperazine rings is 1. The molecular weight excluding hydrogens is 204 g/mol. The fourth-order valence-corrected chi connectivity index (χ4v) is 2.00. The predicted octanol–water partition coefficient (Wildman–Crippen LogP) is 0.0190. The molecule has 82 valence electrons. The van der Waals surface area contributed by atoms with Crippen molar-refractivity contribution in [1.82, 2.24) is 10.2 Å². The Morgan fingerprint density at radius 1 is 1.36 bits per heavy atom. The average molecular weight is 221 g/mol. The van der Waals surface area contributed by atoms with Crippen LogP contribution in [0.5, 0.6) is 0 Å². The number of nitrogens with one attached hydrogen (secondary N) is 1.